The second kappa shape index (κ2) is 7.76. The van der Waals surface area contributed by atoms with Gasteiger partial charge in [0.25, 0.3) is 5.91 Å². The summed E-state index contributed by atoms with van der Waals surface area (Å²) in [5.41, 5.74) is 1.45. The van der Waals surface area contributed by atoms with Gasteiger partial charge in [-0.3, -0.25) is 9.78 Å². The van der Waals surface area contributed by atoms with E-state index in [0.29, 0.717) is 12.0 Å². The number of phenolic OH excluding ortho intramolecular Hbond substituents is 1. The topological polar surface area (TPSA) is 86.0 Å². The van der Waals surface area contributed by atoms with Crippen molar-refractivity contribution in [1.82, 2.24) is 10.3 Å². The predicted molar refractivity (Wildman–Crippen MR) is 87.2 cm³/mol. The van der Waals surface area contributed by atoms with Crippen molar-refractivity contribution >= 4 is 12.0 Å². The fourth-order valence-electron chi connectivity index (χ4n) is 2.11. The molecule has 0 aliphatic rings. The molecule has 0 aliphatic carbocycles. The molecule has 1 aromatic carbocycles. The van der Waals surface area contributed by atoms with Crippen LogP contribution in [0.2, 0.25) is 0 Å². The molecule has 1 amide bonds. The van der Waals surface area contributed by atoms with E-state index in [1.165, 1.54) is 18.2 Å². The zero-order chi connectivity index (χ0) is 16.7. The summed E-state index contributed by atoms with van der Waals surface area (Å²) in [6.45, 7) is 1.86. The van der Waals surface area contributed by atoms with Gasteiger partial charge in [-0.2, -0.15) is 5.26 Å². The summed E-state index contributed by atoms with van der Waals surface area (Å²) >= 11 is 0. The van der Waals surface area contributed by atoms with Crippen molar-refractivity contribution in [2.75, 3.05) is 0 Å². The standard InChI is InChI=1S/C18H17N3O2/c1-13(9-16-6-2-3-8-20-16)21-18(23)15(12-19)10-14-5-4-7-17(22)11-14/h2-8,10-11,13,22H,9H2,1H3,(H,21,23)/b15-10+. The maximum atomic E-state index is 12.2. The maximum Gasteiger partial charge on any atom is 0.262 e. The van der Waals surface area contributed by atoms with Gasteiger partial charge in [0.2, 0.25) is 0 Å². The third kappa shape index (κ3) is 4.97. The quantitative estimate of drug-likeness (QED) is 0.656. The molecular formula is C18H17N3O2. The van der Waals surface area contributed by atoms with Gasteiger partial charge in [0, 0.05) is 24.4 Å². The Labute approximate surface area is 134 Å². The molecule has 2 rings (SSSR count). The van der Waals surface area contributed by atoms with Crippen LogP contribution in [0.3, 0.4) is 0 Å². The molecule has 2 N–H and O–H groups in total. The Balaban J connectivity index is 2.04. The van der Waals surface area contributed by atoms with Crippen molar-refractivity contribution in [3.63, 3.8) is 0 Å². The van der Waals surface area contributed by atoms with Crippen molar-refractivity contribution in [2.24, 2.45) is 0 Å². The highest BCUT2D eigenvalue weighted by Gasteiger charge is 2.13. The Morgan fingerprint density at radius 1 is 1.39 bits per heavy atom. The number of nitriles is 1. The first-order chi connectivity index (χ1) is 11.1. The van der Waals surface area contributed by atoms with Gasteiger partial charge in [-0.05, 0) is 42.8 Å². The number of aromatic nitrogens is 1. The molecule has 5 nitrogen and oxygen atoms in total. The van der Waals surface area contributed by atoms with Crippen LogP contribution in [0.15, 0.2) is 54.2 Å². The number of benzene rings is 1. The number of phenols is 1. The number of aromatic hydroxyl groups is 1. The van der Waals surface area contributed by atoms with E-state index in [4.69, 9.17) is 0 Å². The van der Waals surface area contributed by atoms with Gasteiger partial charge in [-0.1, -0.05) is 18.2 Å². The first kappa shape index (κ1) is 16.2. The first-order valence-corrected chi connectivity index (χ1v) is 7.20. The molecule has 0 radical (unpaired) electrons. The second-order valence-corrected chi connectivity index (χ2v) is 5.16. The summed E-state index contributed by atoms with van der Waals surface area (Å²) in [6, 6.07) is 13.7. The largest absolute Gasteiger partial charge is 0.508 e. The second-order valence-electron chi connectivity index (χ2n) is 5.16. The molecule has 1 atom stereocenters. The highest BCUT2D eigenvalue weighted by Crippen LogP contribution is 2.14. The molecule has 0 aliphatic heterocycles. The minimum Gasteiger partial charge on any atom is -0.508 e. The molecular weight excluding hydrogens is 290 g/mol. The van der Waals surface area contributed by atoms with Gasteiger partial charge in [0.05, 0.1) is 0 Å². The van der Waals surface area contributed by atoms with E-state index in [9.17, 15) is 15.2 Å². The Hall–Kier alpha value is -3.13. The summed E-state index contributed by atoms with van der Waals surface area (Å²) in [6.07, 6.45) is 3.73. The molecule has 1 heterocycles. The number of nitrogens with one attached hydrogen (secondary N) is 1. The van der Waals surface area contributed by atoms with Gasteiger partial charge in [0.15, 0.2) is 0 Å². The summed E-state index contributed by atoms with van der Waals surface area (Å²) in [5.74, 6) is -0.362. The first-order valence-electron chi connectivity index (χ1n) is 7.20. The molecule has 0 saturated heterocycles. The molecule has 1 unspecified atom stereocenters. The van der Waals surface area contributed by atoms with Crippen molar-refractivity contribution in [3.05, 3.63) is 65.5 Å². The zero-order valence-electron chi connectivity index (χ0n) is 12.7. The van der Waals surface area contributed by atoms with Crippen LogP contribution >= 0.6 is 0 Å². The number of nitrogens with zero attached hydrogens (tertiary/aromatic N) is 2. The van der Waals surface area contributed by atoms with E-state index < -0.39 is 5.91 Å². The minimum absolute atomic E-state index is 0.0107. The molecule has 23 heavy (non-hydrogen) atoms. The van der Waals surface area contributed by atoms with Gasteiger partial charge >= 0.3 is 0 Å². The average molecular weight is 307 g/mol. The third-order valence-corrected chi connectivity index (χ3v) is 3.17. The Bertz CT molecular complexity index is 748. The lowest BCUT2D eigenvalue weighted by atomic mass is 10.1. The number of amides is 1. The minimum atomic E-state index is -0.445. The Kier molecular flexibility index (Phi) is 5.48. The molecule has 0 fully saturated rings. The number of carbonyl (C=O) groups excluding carboxylic acids is 1. The molecule has 2 aromatic rings. The SMILES string of the molecule is CC(Cc1ccccn1)NC(=O)/C(C#N)=C/c1cccc(O)c1. The highest BCUT2D eigenvalue weighted by atomic mass is 16.3. The Morgan fingerprint density at radius 2 is 2.22 bits per heavy atom. The molecule has 0 bridgehead atoms. The number of carbonyl (C=O) groups is 1. The summed E-state index contributed by atoms with van der Waals surface area (Å²) in [4.78, 5) is 16.4. The fraction of sp³-hybridized carbons (Fsp3) is 0.167. The van der Waals surface area contributed by atoms with Crippen molar-refractivity contribution < 1.29 is 9.90 Å². The zero-order valence-corrected chi connectivity index (χ0v) is 12.7. The van der Waals surface area contributed by atoms with Crippen molar-refractivity contribution in [1.29, 1.82) is 5.26 Å². The van der Waals surface area contributed by atoms with E-state index in [0.717, 1.165) is 5.69 Å². The molecule has 1 aromatic heterocycles. The van der Waals surface area contributed by atoms with Crippen LogP contribution in [0.25, 0.3) is 6.08 Å². The highest BCUT2D eigenvalue weighted by molar-refractivity contribution is 6.01. The van der Waals surface area contributed by atoms with Gasteiger partial charge in [-0.15, -0.1) is 0 Å². The number of rotatable bonds is 5. The van der Waals surface area contributed by atoms with E-state index in [-0.39, 0.29) is 17.4 Å². The predicted octanol–water partition coefficient (Wildman–Crippen LogP) is 2.44. The van der Waals surface area contributed by atoms with Crippen LogP contribution < -0.4 is 5.32 Å². The van der Waals surface area contributed by atoms with Gasteiger partial charge < -0.3 is 10.4 Å². The summed E-state index contributed by atoms with van der Waals surface area (Å²) in [5, 5.41) is 21.4. The van der Waals surface area contributed by atoms with Gasteiger partial charge in [0.1, 0.15) is 17.4 Å². The number of hydrogen-bond acceptors (Lipinski definition) is 4. The fourth-order valence-corrected chi connectivity index (χ4v) is 2.11. The Morgan fingerprint density at radius 3 is 2.87 bits per heavy atom. The summed E-state index contributed by atoms with van der Waals surface area (Å²) in [7, 11) is 0. The lowest BCUT2D eigenvalue weighted by molar-refractivity contribution is -0.117. The van der Waals surface area contributed by atoms with Crippen LogP contribution in [0, 0.1) is 11.3 Å². The molecule has 0 saturated carbocycles. The summed E-state index contributed by atoms with van der Waals surface area (Å²) < 4.78 is 0. The van der Waals surface area contributed by atoms with Crippen molar-refractivity contribution in [2.45, 2.75) is 19.4 Å². The van der Waals surface area contributed by atoms with Crippen LogP contribution in [0.4, 0.5) is 0 Å². The van der Waals surface area contributed by atoms with E-state index >= 15 is 0 Å². The lowest BCUT2D eigenvalue weighted by Crippen LogP contribution is -2.35. The molecule has 5 heteroatoms. The number of pyridine rings is 1. The number of hydrogen-bond donors (Lipinski definition) is 2. The third-order valence-electron chi connectivity index (χ3n) is 3.17. The van der Waals surface area contributed by atoms with Crippen LogP contribution in [0.1, 0.15) is 18.2 Å². The van der Waals surface area contributed by atoms with E-state index in [1.54, 1.807) is 18.3 Å². The smallest absolute Gasteiger partial charge is 0.262 e. The van der Waals surface area contributed by atoms with Crippen LogP contribution in [0.5, 0.6) is 5.75 Å². The maximum absolute atomic E-state index is 12.2. The van der Waals surface area contributed by atoms with Crippen molar-refractivity contribution in [3.8, 4) is 11.8 Å². The van der Waals surface area contributed by atoms with E-state index in [2.05, 4.69) is 10.3 Å². The monoisotopic (exact) mass is 307 g/mol. The van der Waals surface area contributed by atoms with E-state index in [1.807, 2.05) is 31.2 Å². The molecule has 116 valence electrons. The lowest BCUT2D eigenvalue weighted by Gasteiger charge is -2.13. The molecule has 0 spiro atoms. The van der Waals surface area contributed by atoms with Crippen LogP contribution in [-0.2, 0) is 11.2 Å². The van der Waals surface area contributed by atoms with Crippen LogP contribution in [-0.4, -0.2) is 22.0 Å². The van der Waals surface area contributed by atoms with Gasteiger partial charge in [-0.25, -0.2) is 0 Å². The normalized spacial score (nSPS) is 12.3. The average Bonchev–Trinajstić information content (AvgIpc) is 2.53.